The second-order valence-corrected chi connectivity index (χ2v) is 13.6. The van der Waals surface area contributed by atoms with Crippen LogP contribution in [0.15, 0.2) is 70.2 Å². The van der Waals surface area contributed by atoms with Crippen molar-refractivity contribution in [3.05, 3.63) is 82.1 Å². The van der Waals surface area contributed by atoms with E-state index in [9.17, 15) is 33.6 Å². The Bertz CT molecular complexity index is 1680. The molecule has 2 amide bonds. The van der Waals surface area contributed by atoms with Gasteiger partial charge < -0.3 is 29.6 Å². The molecule has 0 saturated heterocycles. The van der Waals surface area contributed by atoms with Crippen molar-refractivity contribution in [1.82, 2.24) is 24.3 Å². The van der Waals surface area contributed by atoms with E-state index in [2.05, 4.69) is 48.8 Å². The van der Waals surface area contributed by atoms with Crippen molar-refractivity contribution in [2.75, 3.05) is 32.9 Å². The second-order valence-electron chi connectivity index (χ2n) is 13.6. The Balaban J connectivity index is 3.01. The van der Waals surface area contributed by atoms with Crippen molar-refractivity contribution in [1.29, 1.82) is 0 Å². The van der Waals surface area contributed by atoms with Gasteiger partial charge in [0.2, 0.25) is 0 Å². The van der Waals surface area contributed by atoms with E-state index in [1.54, 1.807) is 0 Å². The highest BCUT2D eigenvalue weighted by atomic mass is 17.3. The minimum atomic E-state index is -1.12. The standard InChI is InChI=1S/C41H64N6O13/c1-7-12-21-32(34(11-5)59-60-42-6)31-47-40(53)45(24-19-15-13-17-22-43-37(50)57-28-10-4)39(52)46(41(47)54)25-20-16-14-18-23-44-38(51)58-33(29-35(48)55-26-8-2)30-36(49)56-27-9-3/h8-11,32-34H,2-7,12-31H2,1H3,(H,43,50)(H,44,51). The van der Waals surface area contributed by atoms with E-state index >= 15 is 0 Å². The number of hydrogen-bond acceptors (Lipinski definition) is 14. The molecule has 0 fully saturated rings. The highest BCUT2D eigenvalue weighted by molar-refractivity contribution is 5.75. The average Bonchev–Trinajstić information content (AvgIpc) is 3.22. The number of unbranched alkanes of at least 4 members (excludes halogenated alkanes) is 7. The third-order valence-corrected chi connectivity index (χ3v) is 8.91. The summed E-state index contributed by atoms with van der Waals surface area (Å²) in [5.41, 5.74) is -2.19. The quantitative estimate of drug-likeness (QED) is 0.0183. The molecule has 1 aromatic rings. The number of esters is 2. The van der Waals surface area contributed by atoms with Crippen molar-refractivity contribution in [2.45, 2.75) is 122 Å². The first-order valence-electron chi connectivity index (χ1n) is 20.3. The fraction of sp³-hybridized carbons (Fsp3) is 0.610. The van der Waals surface area contributed by atoms with Crippen LogP contribution in [0.25, 0.3) is 0 Å². The molecule has 19 heteroatoms. The third kappa shape index (κ3) is 21.3. The molecule has 0 aliphatic rings. The first-order valence-corrected chi connectivity index (χ1v) is 20.3. The van der Waals surface area contributed by atoms with E-state index < -0.39 is 59.3 Å². The lowest BCUT2D eigenvalue weighted by atomic mass is 9.95. The van der Waals surface area contributed by atoms with Crippen LogP contribution in [-0.2, 0) is 58.0 Å². The van der Waals surface area contributed by atoms with E-state index in [0.717, 1.165) is 26.5 Å². The molecular formula is C41H64N6O13. The Morgan fingerprint density at radius 1 is 0.667 bits per heavy atom. The van der Waals surface area contributed by atoms with Crippen LogP contribution in [-0.4, -0.2) is 89.7 Å². The number of amides is 2. The lowest BCUT2D eigenvalue weighted by Gasteiger charge is -2.23. The van der Waals surface area contributed by atoms with E-state index in [1.807, 2.05) is 6.92 Å². The summed E-state index contributed by atoms with van der Waals surface area (Å²) in [5, 5.41) is 8.51. The molecule has 2 N–H and O–H groups in total. The summed E-state index contributed by atoms with van der Waals surface area (Å²) in [6.45, 7) is 20.2. The van der Waals surface area contributed by atoms with E-state index in [-0.39, 0.29) is 58.8 Å². The molecule has 1 heterocycles. The summed E-state index contributed by atoms with van der Waals surface area (Å²) in [4.78, 5) is 99.7. The first kappa shape index (κ1) is 52.3. The third-order valence-electron chi connectivity index (χ3n) is 8.91. The minimum Gasteiger partial charge on any atom is -0.461 e. The molecule has 0 radical (unpaired) electrons. The van der Waals surface area contributed by atoms with Crippen LogP contribution in [0.3, 0.4) is 0 Å². The monoisotopic (exact) mass is 848 g/mol. The lowest BCUT2D eigenvalue weighted by Crippen LogP contribution is -2.55. The predicted molar refractivity (Wildman–Crippen MR) is 224 cm³/mol. The molecule has 1 rings (SSSR count). The van der Waals surface area contributed by atoms with E-state index in [1.165, 1.54) is 24.3 Å². The van der Waals surface area contributed by atoms with E-state index in [0.29, 0.717) is 64.3 Å². The molecule has 0 aliphatic carbocycles. The number of hydrogen-bond donors (Lipinski definition) is 2. The predicted octanol–water partition coefficient (Wildman–Crippen LogP) is 4.46. The van der Waals surface area contributed by atoms with Crippen LogP contribution in [0.1, 0.15) is 90.4 Å². The maximum atomic E-state index is 13.8. The van der Waals surface area contributed by atoms with Gasteiger partial charge in [-0.15, -0.1) is 6.58 Å². The fourth-order valence-electron chi connectivity index (χ4n) is 5.88. The van der Waals surface area contributed by atoms with Gasteiger partial charge in [0.1, 0.15) is 32.0 Å². The Labute approximate surface area is 351 Å². The zero-order valence-electron chi connectivity index (χ0n) is 35.0. The average molecular weight is 849 g/mol. The molecule has 1 aromatic heterocycles. The van der Waals surface area contributed by atoms with Gasteiger partial charge in [0.25, 0.3) is 0 Å². The van der Waals surface area contributed by atoms with Crippen molar-refractivity contribution in [3.8, 4) is 0 Å². The van der Waals surface area contributed by atoms with Crippen LogP contribution in [0.5, 0.6) is 0 Å². The number of rotatable bonds is 35. The number of nitrogens with zero attached hydrogens (tertiary/aromatic N) is 4. The Morgan fingerprint density at radius 3 is 1.63 bits per heavy atom. The number of nitrogens with one attached hydrogen (secondary N) is 2. The summed E-state index contributed by atoms with van der Waals surface area (Å²) in [6.07, 6.45) is 8.49. The molecular weight excluding hydrogens is 784 g/mol. The largest absolute Gasteiger partial charge is 0.461 e. The van der Waals surface area contributed by atoms with Gasteiger partial charge in [0.05, 0.1) is 12.8 Å². The van der Waals surface area contributed by atoms with Gasteiger partial charge >= 0.3 is 41.2 Å². The Kier molecular flexibility index (Phi) is 28.0. The topological polar surface area (TPSA) is 226 Å². The molecule has 0 spiro atoms. The molecule has 0 bridgehead atoms. The van der Waals surface area contributed by atoms with E-state index in [4.69, 9.17) is 28.8 Å². The number of carbonyl (C=O) groups is 4. The normalized spacial score (nSPS) is 11.7. The van der Waals surface area contributed by atoms with Crippen LogP contribution < -0.4 is 27.7 Å². The fourth-order valence-corrected chi connectivity index (χ4v) is 5.88. The first-order chi connectivity index (χ1) is 29.0. The molecule has 2 unspecified atom stereocenters. The summed E-state index contributed by atoms with van der Waals surface area (Å²) in [7, 11) is 0. The molecule has 336 valence electrons. The molecule has 60 heavy (non-hydrogen) atoms. The van der Waals surface area contributed by atoms with Crippen molar-refractivity contribution in [2.24, 2.45) is 11.1 Å². The Hall–Kier alpha value is -5.72. The number of oxime groups is 1. The number of carbonyl (C=O) groups excluding carboxylic acids is 4. The van der Waals surface area contributed by atoms with Gasteiger partial charge in [-0.05, 0) is 32.1 Å². The number of alkyl carbamates (subject to hydrolysis) is 2. The summed E-state index contributed by atoms with van der Waals surface area (Å²) >= 11 is 0. The van der Waals surface area contributed by atoms with Crippen molar-refractivity contribution in [3.63, 3.8) is 0 Å². The molecule has 19 nitrogen and oxygen atoms in total. The molecule has 0 aliphatic heterocycles. The maximum absolute atomic E-state index is 13.8. The summed E-state index contributed by atoms with van der Waals surface area (Å²) in [6, 6.07) is 0. The van der Waals surface area contributed by atoms with Gasteiger partial charge in [0.15, 0.2) is 0 Å². The van der Waals surface area contributed by atoms with Crippen LogP contribution >= 0.6 is 0 Å². The summed E-state index contributed by atoms with van der Waals surface area (Å²) in [5.74, 6) is -1.79. The SMILES string of the molecule is C=CCOC(=O)CC(CC(=O)OCC=C)OC(=O)NCCCCCCn1c(=O)n(CCCCCCNC(=O)OCC=C)c(=O)n(CC(CCCC)C(C=C)OON=C)c1=O. The zero-order valence-corrected chi connectivity index (χ0v) is 35.0. The summed E-state index contributed by atoms with van der Waals surface area (Å²) < 4.78 is 23.3. The van der Waals surface area contributed by atoms with Gasteiger partial charge in [-0.3, -0.25) is 9.59 Å². The highest BCUT2D eigenvalue weighted by Gasteiger charge is 2.26. The van der Waals surface area contributed by atoms with Crippen molar-refractivity contribution < 1.29 is 48.0 Å². The van der Waals surface area contributed by atoms with Crippen LogP contribution in [0.2, 0.25) is 0 Å². The van der Waals surface area contributed by atoms with Gasteiger partial charge in [-0.2, -0.15) is 4.89 Å². The molecule has 0 aromatic carbocycles. The highest BCUT2D eigenvalue weighted by Crippen LogP contribution is 2.19. The zero-order chi connectivity index (χ0) is 44.5. The second kappa shape index (κ2) is 32.2. The number of ether oxygens (including phenoxy) is 4. The minimum absolute atomic E-state index is 0.0388. The van der Waals surface area contributed by atoms with Crippen molar-refractivity contribution >= 4 is 30.8 Å². The van der Waals surface area contributed by atoms with Gasteiger partial charge in [0, 0.05) is 45.4 Å². The Morgan fingerprint density at radius 2 is 1.15 bits per heavy atom. The lowest BCUT2D eigenvalue weighted by molar-refractivity contribution is -0.324. The molecule has 2 atom stereocenters. The number of aromatic nitrogens is 3. The van der Waals surface area contributed by atoms with Gasteiger partial charge in [-0.1, -0.05) is 94.6 Å². The maximum Gasteiger partial charge on any atom is 0.407 e. The van der Waals surface area contributed by atoms with Crippen LogP contribution in [0, 0.1) is 5.92 Å². The molecule has 0 saturated carbocycles. The van der Waals surface area contributed by atoms with Gasteiger partial charge in [-0.25, -0.2) is 42.7 Å². The van der Waals surface area contributed by atoms with Crippen LogP contribution in [0.4, 0.5) is 9.59 Å². The smallest absolute Gasteiger partial charge is 0.407 e.